The molecule has 7 heteroatoms. The fourth-order valence-electron chi connectivity index (χ4n) is 2.62. The lowest BCUT2D eigenvalue weighted by Gasteiger charge is -2.11. The highest BCUT2D eigenvalue weighted by molar-refractivity contribution is 6.32. The Morgan fingerprint density at radius 1 is 1.08 bits per heavy atom. The molecule has 0 aliphatic carbocycles. The number of hydrogen-bond donors (Lipinski definition) is 0. The normalized spacial score (nSPS) is 13.6. The summed E-state index contributed by atoms with van der Waals surface area (Å²) in [7, 11) is 0. The van der Waals surface area contributed by atoms with Crippen molar-refractivity contribution in [1.29, 1.82) is 0 Å². The van der Waals surface area contributed by atoms with Crippen LogP contribution in [0.15, 0.2) is 48.5 Å². The van der Waals surface area contributed by atoms with Crippen molar-refractivity contribution >= 4 is 35.2 Å². The number of nitro benzene ring substituents is 1. The topological polar surface area (TPSA) is 80.5 Å². The van der Waals surface area contributed by atoms with Crippen LogP contribution in [0.2, 0.25) is 5.02 Å². The molecule has 0 spiro atoms. The number of non-ortho nitro benzene ring substituents is 1. The third kappa shape index (κ3) is 3.29. The number of nitro groups is 1. The zero-order valence-electron chi connectivity index (χ0n) is 13.0. The molecule has 0 saturated heterocycles. The number of nitrogens with zero attached hydrogens (tertiary/aromatic N) is 2. The number of hydrogen-bond acceptors (Lipinski definition) is 4. The molecule has 0 saturated carbocycles. The number of halogens is 1. The van der Waals surface area contributed by atoms with Crippen LogP contribution < -0.4 is 0 Å². The number of carbonyl (C=O) groups excluding carboxylic acids is 2. The Bertz CT molecular complexity index is 873. The van der Waals surface area contributed by atoms with Crippen molar-refractivity contribution in [2.24, 2.45) is 0 Å². The van der Waals surface area contributed by atoms with Gasteiger partial charge in [0.1, 0.15) is 0 Å². The first-order valence-electron chi connectivity index (χ1n) is 7.55. The molecule has 1 heterocycles. The first-order chi connectivity index (χ1) is 12.0. The average Bonchev–Trinajstić information content (AvgIpc) is 2.84. The number of benzene rings is 2. The van der Waals surface area contributed by atoms with Crippen molar-refractivity contribution in [1.82, 2.24) is 4.90 Å². The molecule has 0 N–H and O–H groups in total. The van der Waals surface area contributed by atoms with Gasteiger partial charge in [0.25, 0.3) is 17.5 Å². The molecule has 2 aromatic carbocycles. The largest absolute Gasteiger partial charge is 0.274 e. The molecule has 0 bridgehead atoms. The zero-order chi connectivity index (χ0) is 18.0. The van der Waals surface area contributed by atoms with Crippen LogP contribution in [0.4, 0.5) is 5.69 Å². The van der Waals surface area contributed by atoms with Gasteiger partial charge in [0.2, 0.25) is 0 Å². The molecule has 0 fully saturated rings. The smallest absolute Gasteiger partial charge is 0.270 e. The van der Waals surface area contributed by atoms with Crippen LogP contribution in [0.3, 0.4) is 0 Å². The maximum atomic E-state index is 12.2. The summed E-state index contributed by atoms with van der Waals surface area (Å²) in [5.41, 5.74) is 1.41. The molecule has 3 rings (SSSR count). The molecule has 1 aliphatic heterocycles. The number of amides is 2. The van der Waals surface area contributed by atoms with E-state index in [2.05, 4.69) is 0 Å². The summed E-state index contributed by atoms with van der Waals surface area (Å²) in [6.07, 6.45) is 3.94. The van der Waals surface area contributed by atoms with Crippen LogP contribution in [0.25, 0.3) is 6.08 Å². The van der Waals surface area contributed by atoms with E-state index < -0.39 is 4.92 Å². The summed E-state index contributed by atoms with van der Waals surface area (Å²) >= 11 is 6.01. The summed E-state index contributed by atoms with van der Waals surface area (Å²) in [5, 5.41) is 11.0. The SMILES string of the molecule is O=C1c2ccccc2C(=O)N1CC/C=C\c1ccc([N+](=O)[O-])cc1Cl. The number of carbonyl (C=O) groups is 2. The summed E-state index contributed by atoms with van der Waals surface area (Å²) < 4.78 is 0. The van der Waals surface area contributed by atoms with Gasteiger partial charge in [0.15, 0.2) is 0 Å². The molecule has 2 amide bonds. The van der Waals surface area contributed by atoms with Gasteiger partial charge < -0.3 is 0 Å². The second-order valence-electron chi connectivity index (χ2n) is 5.46. The molecular weight excluding hydrogens is 344 g/mol. The van der Waals surface area contributed by atoms with Crippen molar-refractivity contribution in [3.05, 3.63) is 80.4 Å². The Morgan fingerprint density at radius 3 is 2.28 bits per heavy atom. The first kappa shape index (κ1) is 16.9. The standard InChI is InChI=1S/C18H13ClN2O4/c19-16-11-13(21(24)25)9-8-12(16)5-3-4-10-20-17(22)14-6-1-2-7-15(14)18(20)23/h1-3,5-9,11H,4,10H2/b5-3-. The van der Waals surface area contributed by atoms with Gasteiger partial charge in [-0.25, -0.2) is 0 Å². The van der Waals surface area contributed by atoms with Crippen molar-refractivity contribution in [2.45, 2.75) is 6.42 Å². The summed E-state index contributed by atoms with van der Waals surface area (Å²) in [6, 6.07) is 10.9. The molecule has 2 aromatic rings. The molecule has 1 aliphatic rings. The maximum absolute atomic E-state index is 12.2. The van der Waals surface area contributed by atoms with Gasteiger partial charge in [-0.3, -0.25) is 24.6 Å². The third-order valence-corrected chi connectivity index (χ3v) is 4.22. The quantitative estimate of drug-likeness (QED) is 0.461. The molecule has 0 unspecified atom stereocenters. The summed E-state index contributed by atoms with van der Waals surface area (Å²) in [6.45, 7) is 0.257. The van der Waals surface area contributed by atoms with Crippen LogP contribution >= 0.6 is 11.6 Å². The Kier molecular flexibility index (Phi) is 4.63. The van der Waals surface area contributed by atoms with Gasteiger partial charge in [0.05, 0.1) is 21.1 Å². The highest BCUT2D eigenvalue weighted by Crippen LogP contribution is 2.24. The summed E-state index contributed by atoms with van der Waals surface area (Å²) in [4.78, 5) is 35.8. The molecule has 0 atom stereocenters. The summed E-state index contributed by atoms with van der Waals surface area (Å²) in [5.74, 6) is -0.579. The van der Waals surface area contributed by atoms with E-state index in [1.165, 1.54) is 17.0 Å². The molecular formula is C18H13ClN2O4. The van der Waals surface area contributed by atoms with Crippen molar-refractivity contribution in [3.63, 3.8) is 0 Å². The van der Waals surface area contributed by atoms with E-state index in [-0.39, 0.29) is 29.1 Å². The maximum Gasteiger partial charge on any atom is 0.270 e. The van der Waals surface area contributed by atoms with E-state index in [1.807, 2.05) is 0 Å². The lowest BCUT2D eigenvalue weighted by atomic mass is 10.1. The van der Waals surface area contributed by atoms with Crippen molar-refractivity contribution in [3.8, 4) is 0 Å². The van der Waals surface area contributed by atoms with Crippen LogP contribution in [-0.2, 0) is 0 Å². The molecule has 0 aromatic heterocycles. The third-order valence-electron chi connectivity index (χ3n) is 3.89. The van der Waals surface area contributed by atoms with Gasteiger partial charge in [0, 0.05) is 18.7 Å². The van der Waals surface area contributed by atoms with E-state index >= 15 is 0 Å². The van der Waals surface area contributed by atoms with Crippen LogP contribution in [0.1, 0.15) is 32.7 Å². The van der Waals surface area contributed by atoms with Crippen LogP contribution in [-0.4, -0.2) is 28.2 Å². The number of imide groups is 1. The van der Waals surface area contributed by atoms with Gasteiger partial charge in [-0.1, -0.05) is 35.9 Å². The van der Waals surface area contributed by atoms with E-state index in [1.54, 1.807) is 42.5 Å². The number of fused-ring (bicyclic) bond motifs is 1. The van der Waals surface area contributed by atoms with E-state index in [9.17, 15) is 19.7 Å². The first-order valence-corrected chi connectivity index (χ1v) is 7.92. The van der Waals surface area contributed by atoms with E-state index in [0.717, 1.165) is 0 Å². The Hall–Kier alpha value is -2.99. The molecule has 6 nitrogen and oxygen atoms in total. The predicted octanol–water partition coefficient (Wildman–Crippen LogP) is 3.95. The van der Waals surface area contributed by atoms with E-state index in [0.29, 0.717) is 23.1 Å². The average molecular weight is 357 g/mol. The number of rotatable bonds is 5. The molecule has 25 heavy (non-hydrogen) atoms. The predicted molar refractivity (Wildman–Crippen MR) is 93.6 cm³/mol. The minimum Gasteiger partial charge on any atom is -0.274 e. The minimum absolute atomic E-state index is 0.0758. The lowest BCUT2D eigenvalue weighted by molar-refractivity contribution is -0.384. The lowest BCUT2D eigenvalue weighted by Crippen LogP contribution is -2.30. The zero-order valence-corrected chi connectivity index (χ0v) is 13.8. The van der Waals surface area contributed by atoms with Crippen LogP contribution in [0.5, 0.6) is 0 Å². The van der Waals surface area contributed by atoms with Crippen molar-refractivity contribution < 1.29 is 14.5 Å². The van der Waals surface area contributed by atoms with Gasteiger partial charge in [-0.2, -0.15) is 0 Å². The second kappa shape index (κ2) is 6.86. The highest BCUT2D eigenvalue weighted by Gasteiger charge is 2.34. The second-order valence-corrected chi connectivity index (χ2v) is 5.87. The van der Waals surface area contributed by atoms with Gasteiger partial charge >= 0.3 is 0 Å². The fourth-order valence-corrected chi connectivity index (χ4v) is 2.86. The highest BCUT2D eigenvalue weighted by atomic mass is 35.5. The Morgan fingerprint density at radius 2 is 1.72 bits per heavy atom. The van der Waals surface area contributed by atoms with Gasteiger partial charge in [-0.15, -0.1) is 0 Å². The molecule has 0 radical (unpaired) electrons. The van der Waals surface area contributed by atoms with Gasteiger partial charge in [-0.05, 0) is 30.2 Å². The van der Waals surface area contributed by atoms with Crippen LogP contribution in [0, 0.1) is 10.1 Å². The fraction of sp³-hybridized carbons (Fsp3) is 0.111. The minimum atomic E-state index is -0.512. The Labute approximate surface area is 148 Å². The molecule has 126 valence electrons. The Balaban J connectivity index is 1.64. The van der Waals surface area contributed by atoms with E-state index in [4.69, 9.17) is 11.6 Å². The van der Waals surface area contributed by atoms with Crippen molar-refractivity contribution in [2.75, 3.05) is 6.54 Å². The monoisotopic (exact) mass is 356 g/mol.